The van der Waals surface area contributed by atoms with Crippen LogP contribution >= 0.6 is 11.8 Å². The van der Waals surface area contributed by atoms with Crippen LogP contribution in [-0.4, -0.2) is 36.5 Å². The van der Waals surface area contributed by atoms with Crippen LogP contribution in [0.4, 0.5) is 0 Å². The molecule has 0 bridgehead atoms. The first-order chi connectivity index (χ1) is 17.5. The normalized spacial score (nSPS) is 11.5. The number of unbranched alkanes of at least 4 members (excludes halogenated alkanes) is 2. The van der Waals surface area contributed by atoms with Crippen LogP contribution in [0.1, 0.15) is 52.9 Å². The Balaban J connectivity index is 0.00000481. The van der Waals surface area contributed by atoms with E-state index in [1.54, 1.807) is 12.3 Å². The van der Waals surface area contributed by atoms with Gasteiger partial charge in [0.05, 0.1) is 24.9 Å². The molecule has 1 heterocycles. The molecule has 0 aliphatic rings. The van der Waals surface area contributed by atoms with Crippen molar-refractivity contribution in [3.8, 4) is 11.1 Å². The third-order valence-corrected chi connectivity index (χ3v) is 6.67. The first kappa shape index (κ1) is 30.8. The molecule has 1 amide bonds. The first-order valence-corrected chi connectivity index (χ1v) is 13.7. The summed E-state index contributed by atoms with van der Waals surface area (Å²) in [4.78, 5) is 24.7. The molecule has 6 nitrogen and oxygen atoms in total. The van der Waals surface area contributed by atoms with Gasteiger partial charge in [0, 0.05) is 18.6 Å². The number of hydrogen-bond acceptors (Lipinski definition) is 6. The van der Waals surface area contributed by atoms with Crippen molar-refractivity contribution in [2.45, 2.75) is 51.7 Å². The topological polar surface area (TPSA) is 91.6 Å². The number of carbonyl (C=O) groups is 2. The molecular formula is C29H34LiNO5S. The van der Waals surface area contributed by atoms with Crippen LogP contribution in [0.5, 0.6) is 0 Å². The predicted molar refractivity (Wildman–Crippen MR) is 142 cm³/mol. The van der Waals surface area contributed by atoms with Gasteiger partial charge in [0.2, 0.25) is 0 Å². The van der Waals surface area contributed by atoms with Crippen molar-refractivity contribution < 1.29 is 42.7 Å². The molecule has 0 saturated carbocycles. The minimum Gasteiger partial charge on any atom is -0.548 e. The molecule has 1 N–H and O–H groups in total. The third-order valence-electron chi connectivity index (χ3n) is 6.03. The van der Waals surface area contributed by atoms with E-state index in [1.165, 1.54) is 11.8 Å². The quantitative estimate of drug-likeness (QED) is 0.245. The number of hydrogen-bond donors (Lipinski definition) is 1. The minimum atomic E-state index is -1.27. The number of aliphatic carboxylic acids is 1. The summed E-state index contributed by atoms with van der Waals surface area (Å²) < 4.78 is 11.3. The van der Waals surface area contributed by atoms with Crippen LogP contribution < -0.4 is 29.3 Å². The van der Waals surface area contributed by atoms with E-state index in [0.29, 0.717) is 31.0 Å². The smallest absolute Gasteiger partial charge is 0.548 e. The number of ether oxygens (including phenoxy) is 1. The Morgan fingerprint density at radius 2 is 1.86 bits per heavy atom. The summed E-state index contributed by atoms with van der Waals surface area (Å²) in [6, 6.07) is 16.3. The summed E-state index contributed by atoms with van der Waals surface area (Å²) in [7, 11) is 0. The van der Waals surface area contributed by atoms with E-state index >= 15 is 0 Å². The molecule has 0 saturated heterocycles. The van der Waals surface area contributed by atoms with Crippen LogP contribution in [0.2, 0.25) is 0 Å². The van der Waals surface area contributed by atoms with Gasteiger partial charge in [-0.05, 0) is 84.7 Å². The Morgan fingerprint density at radius 1 is 1.05 bits per heavy atom. The van der Waals surface area contributed by atoms with E-state index in [9.17, 15) is 14.7 Å². The predicted octanol–water partition coefficient (Wildman–Crippen LogP) is 1.79. The molecule has 0 radical (unpaired) electrons. The van der Waals surface area contributed by atoms with Crippen LogP contribution in [0, 0.1) is 6.92 Å². The first-order valence-electron chi connectivity index (χ1n) is 12.3. The zero-order valence-electron chi connectivity index (χ0n) is 22.0. The second kappa shape index (κ2) is 16.4. The van der Waals surface area contributed by atoms with Crippen molar-refractivity contribution in [1.82, 2.24) is 5.32 Å². The molecule has 192 valence electrons. The molecule has 37 heavy (non-hydrogen) atoms. The average Bonchev–Trinajstić information content (AvgIpc) is 3.39. The summed E-state index contributed by atoms with van der Waals surface area (Å²) >= 11 is 1.53. The molecule has 3 rings (SSSR count). The number of amides is 1. The molecular weight excluding hydrogens is 481 g/mol. The summed E-state index contributed by atoms with van der Waals surface area (Å²) in [5.41, 5.74) is 4.10. The van der Waals surface area contributed by atoms with Gasteiger partial charge in [0.25, 0.3) is 5.91 Å². The monoisotopic (exact) mass is 515 g/mol. The number of rotatable bonds is 15. The number of nitrogens with one attached hydrogen (secondary N) is 1. The van der Waals surface area contributed by atoms with E-state index in [2.05, 4.69) is 5.32 Å². The molecule has 0 spiro atoms. The fourth-order valence-corrected chi connectivity index (χ4v) is 4.49. The van der Waals surface area contributed by atoms with Crippen molar-refractivity contribution in [2.75, 3.05) is 18.6 Å². The van der Waals surface area contributed by atoms with Crippen molar-refractivity contribution >= 4 is 23.6 Å². The fraction of sp³-hybridized carbons (Fsp3) is 0.379. The Morgan fingerprint density at radius 3 is 2.57 bits per heavy atom. The van der Waals surface area contributed by atoms with Gasteiger partial charge in [-0.25, -0.2) is 0 Å². The summed E-state index contributed by atoms with van der Waals surface area (Å²) in [6.45, 7) is 3.09. The second-order valence-electron chi connectivity index (χ2n) is 8.76. The number of thioether (sulfide) groups is 1. The van der Waals surface area contributed by atoms with Gasteiger partial charge < -0.3 is 24.4 Å². The third kappa shape index (κ3) is 9.75. The SMILES string of the molecule is CSCC[C@H](NC(=O)c1ccc(COCCCCCc2ccco2)cc1-c1ccccc1C)C(=O)[O-].[Li+]. The van der Waals surface area contributed by atoms with Crippen LogP contribution in [-0.2, 0) is 22.6 Å². The molecule has 2 aromatic carbocycles. The summed E-state index contributed by atoms with van der Waals surface area (Å²) in [5, 5.41) is 14.2. The van der Waals surface area contributed by atoms with Gasteiger partial charge in [-0.1, -0.05) is 36.8 Å². The standard InChI is InChI=1S/C29H35NO5S.Li/c1-21-9-5-6-12-24(21)26-19-22(20-34-16-7-3-4-10-23-11-8-17-35-23)13-14-25(26)28(31)30-27(29(32)33)15-18-36-2;/h5-6,8-9,11-14,17,19,27H,3-4,7,10,15-16,18,20H2,1-2H3,(H,30,31)(H,32,33);/q;+1/p-1/t27-;/m0./s1. The summed E-state index contributed by atoms with van der Waals surface area (Å²) in [6.07, 6.45) is 7.92. The second-order valence-corrected chi connectivity index (χ2v) is 9.75. The van der Waals surface area contributed by atoms with Crippen molar-refractivity contribution in [1.29, 1.82) is 0 Å². The van der Waals surface area contributed by atoms with Crippen molar-refractivity contribution in [2.24, 2.45) is 0 Å². The zero-order chi connectivity index (χ0) is 25.8. The van der Waals surface area contributed by atoms with E-state index in [0.717, 1.165) is 53.7 Å². The maximum atomic E-state index is 13.1. The average molecular weight is 516 g/mol. The Labute approximate surface area is 235 Å². The van der Waals surface area contributed by atoms with Gasteiger partial charge in [-0.2, -0.15) is 11.8 Å². The van der Waals surface area contributed by atoms with Crippen molar-refractivity contribution in [3.05, 3.63) is 83.3 Å². The molecule has 0 unspecified atom stereocenters. The maximum absolute atomic E-state index is 13.1. The van der Waals surface area contributed by atoms with E-state index in [-0.39, 0.29) is 18.9 Å². The van der Waals surface area contributed by atoms with Crippen LogP contribution in [0.25, 0.3) is 11.1 Å². The molecule has 0 aliphatic carbocycles. The maximum Gasteiger partial charge on any atom is 1.00 e. The molecule has 3 aromatic rings. The number of carboxylic acids is 1. The molecule has 0 aliphatic heterocycles. The van der Waals surface area contributed by atoms with Gasteiger partial charge in [-0.15, -0.1) is 0 Å². The van der Waals surface area contributed by atoms with Gasteiger partial charge in [-0.3, -0.25) is 4.79 Å². The van der Waals surface area contributed by atoms with Crippen LogP contribution in [0.3, 0.4) is 0 Å². The summed E-state index contributed by atoms with van der Waals surface area (Å²) in [5.74, 6) is -0.0709. The molecule has 1 aromatic heterocycles. The molecule has 8 heteroatoms. The number of benzene rings is 2. The number of carboxylic acid groups (broad SMARTS) is 1. The Kier molecular flexibility index (Phi) is 13.7. The Hall–Kier alpha value is -2.43. The van der Waals surface area contributed by atoms with Crippen molar-refractivity contribution in [3.63, 3.8) is 0 Å². The number of aryl methyl sites for hydroxylation is 2. The zero-order valence-corrected chi connectivity index (χ0v) is 22.8. The molecule has 1 atom stereocenters. The van der Waals surface area contributed by atoms with Gasteiger partial charge in [0.15, 0.2) is 0 Å². The van der Waals surface area contributed by atoms with Gasteiger partial charge >= 0.3 is 18.9 Å². The number of carbonyl (C=O) groups excluding carboxylic acids is 2. The van der Waals surface area contributed by atoms with E-state index in [1.807, 2.05) is 61.7 Å². The Bertz CT molecular complexity index is 1120. The number of furan rings is 1. The van der Waals surface area contributed by atoms with Crippen LogP contribution in [0.15, 0.2) is 65.3 Å². The fourth-order valence-electron chi connectivity index (χ4n) is 4.02. The largest absolute Gasteiger partial charge is 1.00 e. The van der Waals surface area contributed by atoms with E-state index in [4.69, 9.17) is 9.15 Å². The molecule has 0 fully saturated rings. The van der Waals surface area contributed by atoms with Gasteiger partial charge in [0.1, 0.15) is 5.76 Å². The minimum absolute atomic E-state index is 0. The van der Waals surface area contributed by atoms with E-state index < -0.39 is 17.9 Å².